The summed E-state index contributed by atoms with van der Waals surface area (Å²) in [5, 5.41) is 2.90. The maximum atomic E-state index is 12.5. The van der Waals surface area contributed by atoms with Gasteiger partial charge < -0.3 is 14.0 Å². The quantitative estimate of drug-likeness (QED) is 0.494. The van der Waals surface area contributed by atoms with E-state index in [2.05, 4.69) is 35.5 Å². The lowest BCUT2D eigenvalue weighted by Gasteiger charge is -2.34. The topological polar surface area (TPSA) is 53.4 Å². The molecule has 158 valence electrons. The van der Waals surface area contributed by atoms with Crippen molar-refractivity contribution in [2.45, 2.75) is 39.7 Å². The first-order valence-corrected chi connectivity index (χ1v) is 11.3. The molecule has 0 fully saturated rings. The second kappa shape index (κ2) is 8.74. The molecule has 2 aromatic heterocycles. The Labute approximate surface area is 181 Å². The van der Waals surface area contributed by atoms with Crippen molar-refractivity contribution in [2.24, 2.45) is 5.92 Å². The second-order valence-electron chi connectivity index (χ2n) is 8.17. The van der Waals surface area contributed by atoms with Gasteiger partial charge >= 0.3 is 0 Å². The number of hydrogen-bond donors (Lipinski definition) is 0. The van der Waals surface area contributed by atoms with Crippen molar-refractivity contribution in [1.82, 2.24) is 9.55 Å². The van der Waals surface area contributed by atoms with Gasteiger partial charge in [0, 0.05) is 61.1 Å². The average molecular weight is 425 g/mol. The monoisotopic (exact) mass is 424 g/mol. The van der Waals surface area contributed by atoms with E-state index in [0.717, 1.165) is 46.0 Å². The molecular weight excluding hydrogens is 396 g/mol. The minimum absolute atomic E-state index is 0.0762. The zero-order valence-electron chi connectivity index (χ0n) is 18.0. The Morgan fingerprint density at radius 3 is 2.77 bits per heavy atom. The normalized spacial score (nSPS) is 15.2. The van der Waals surface area contributed by atoms with Crippen LogP contribution < -0.4 is 10.2 Å². The first-order valence-electron chi connectivity index (χ1n) is 10.4. The standard InChI is InChI=1S/C24H28N2O3S/c1-15(2)20-10-17-11-23(29-8-5-7-28-4)19(24-25-6-9-30-24)12-18(17)21-13-22(27)16(3)14-26(20)21/h6,9,11-15,20H,5,7-8,10H2,1-4H3. The van der Waals surface area contributed by atoms with Crippen LogP contribution in [0.1, 0.15) is 37.4 Å². The van der Waals surface area contributed by atoms with Gasteiger partial charge in [-0.2, -0.15) is 0 Å². The Kier molecular flexibility index (Phi) is 6.06. The van der Waals surface area contributed by atoms with Gasteiger partial charge in [0.2, 0.25) is 0 Å². The van der Waals surface area contributed by atoms with Gasteiger partial charge in [0.05, 0.1) is 17.9 Å². The van der Waals surface area contributed by atoms with Gasteiger partial charge in [-0.1, -0.05) is 13.8 Å². The maximum Gasteiger partial charge on any atom is 0.185 e. The number of thiazole rings is 1. The van der Waals surface area contributed by atoms with Crippen molar-refractivity contribution in [3.8, 4) is 27.6 Å². The molecule has 30 heavy (non-hydrogen) atoms. The van der Waals surface area contributed by atoms with E-state index in [0.29, 0.717) is 25.2 Å². The van der Waals surface area contributed by atoms with Crippen LogP contribution >= 0.6 is 11.3 Å². The smallest absolute Gasteiger partial charge is 0.185 e. The highest BCUT2D eigenvalue weighted by Crippen LogP contribution is 2.43. The summed E-state index contributed by atoms with van der Waals surface area (Å²) in [7, 11) is 1.70. The fraction of sp³-hybridized carbons (Fsp3) is 0.417. The van der Waals surface area contributed by atoms with Crippen LogP contribution in [0.25, 0.3) is 21.8 Å². The Morgan fingerprint density at radius 2 is 2.07 bits per heavy atom. The van der Waals surface area contributed by atoms with Crippen LogP contribution in [0, 0.1) is 12.8 Å². The van der Waals surface area contributed by atoms with Crippen LogP contribution in [-0.4, -0.2) is 29.9 Å². The van der Waals surface area contributed by atoms with Crippen molar-refractivity contribution in [3.05, 3.63) is 57.3 Å². The van der Waals surface area contributed by atoms with E-state index in [4.69, 9.17) is 9.47 Å². The van der Waals surface area contributed by atoms with Crippen LogP contribution in [0.15, 0.2) is 40.8 Å². The fourth-order valence-corrected chi connectivity index (χ4v) is 4.74. The molecule has 0 saturated heterocycles. The maximum absolute atomic E-state index is 12.5. The molecule has 0 bridgehead atoms. The molecule has 4 rings (SSSR count). The molecule has 1 unspecified atom stereocenters. The van der Waals surface area contributed by atoms with E-state index in [9.17, 15) is 4.79 Å². The fourth-order valence-electron chi connectivity index (χ4n) is 4.08. The Hall–Kier alpha value is -2.44. The predicted molar refractivity (Wildman–Crippen MR) is 122 cm³/mol. The number of aryl methyl sites for hydroxylation is 1. The molecule has 1 aromatic carbocycles. The summed E-state index contributed by atoms with van der Waals surface area (Å²) in [4.78, 5) is 17.0. The average Bonchev–Trinajstić information content (AvgIpc) is 3.25. The minimum Gasteiger partial charge on any atom is -0.493 e. The summed E-state index contributed by atoms with van der Waals surface area (Å²) in [6.45, 7) is 7.62. The number of ether oxygens (including phenoxy) is 2. The van der Waals surface area contributed by atoms with Crippen LogP contribution in [0.3, 0.4) is 0 Å². The van der Waals surface area contributed by atoms with E-state index in [1.54, 1.807) is 24.5 Å². The van der Waals surface area contributed by atoms with Gasteiger partial charge in [0.1, 0.15) is 10.8 Å². The number of nitrogens with zero attached hydrogens (tertiary/aromatic N) is 2. The highest BCUT2D eigenvalue weighted by molar-refractivity contribution is 7.13. The van der Waals surface area contributed by atoms with Crippen LogP contribution in [0.4, 0.5) is 0 Å². The van der Waals surface area contributed by atoms with E-state index in [1.165, 1.54) is 5.56 Å². The third-order valence-electron chi connectivity index (χ3n) is 5.72. The van der Waals surface area contributed by atoms with Crippen LogP contribution in [0.5, 0.6) is 5.75 Å². The van der Waals surface area contributed by atoms with Crippen molar-refractivity contribution >= 4 is 11.3 Å². The Balaban J connectivity index is 1.85. The molecule has 6 heteroatoms. The first-order chi connectivity index (χ1) is 14.5. The lowest BCUT2D eigenvalue weighted by atomic mass is 9.86. The van der Waals surface area contributed by atoms with Gasteiger partial charge in [-0.15, -0.1) is 11.3 Å². The van der Waals surface area contributed by atoms with Crippen LogP contribution in [-0.2, 0) is 11.2 Å². The molecule has 0 N–H and O–H groups in total. The summed E-state index contributed by atoms with van der Waals surface area (Å²) >= 11 is 1.59. The minimum atomic E-state index is 0.0762. The largest absolute Gasteiger partial charge is 0.493 e. The van der Waals surface area contributed by atoms with E-state index in [-0.39, 0.29) is 5.43 Å². The summed E-state index contributed by atoms with van der Waals surface area (Å²) in [5.41, 5.74) is 5.13. The number of benzene rings is 1. The number of hydrogen-bond acceptors (Lipinski definition) is 5. The van der Waals surface area contributed by atoms with Gasteiger partial charge in [0.25, 0.3) is 0 Å². The molecule has 1 aliphatic heterocycles. The molecule has 5 nitrogen and oxygen atoms in total. The molecular formula is C24H28N2O3S. The SMILES string of the molecule is COCCCOc1cc2c(cc1-c1nccs1)-c1cc(=O)c(C)cn1C(C(C)C)C2. The zero-order chi connectivity index (χ0) is 21.3. The van der Waals surface area contributed by atoms with Crippen molar-refractivity contribution in [3.63, 3.8) is 0 Å². The molecule has 0 aliphatic carbocycles. The number of aromatic nitrogens is 2. The molecule has 1 aliphatic rings. The van der Waals surface area contributed by atoms with Gasteiger partial charge in [-0.3, -0.25) is 4.79 Å². The summed E-state index contributed by atoms with van der Waals surface area (Å²) in [6.07, 6.45) is 5.57. The molecule has 0 amide bonds. The van der Waals surface area contributed by atoms with Crippen molar-refractivity contribution in [2.75, 3.05) is 20.3 Å². The van der Waals surface area contributed by atoms with Gasteiger partial charge in [0.15, 0.2) is 5.43 Å². The number of pyridine rings is 1. The number of methoxy groups -OCH3 is 1. The number of fused-ring (bicyclic) bond motifs is 3. The lowest BCUT2D eigenvalue weighted by molar-refractivity contribution is 0.172. The molecule has 0 spiro atoms. The van der Waals surface area contributed by atoms with E-state index >= 15 is 0 Å². The summed E-state index contributed by atoms with van der Waals surface area (Å²) < 4.78 is 13.6. The molecule has 0 radical (unpaired) electrons. The first kappa shape index (κ1) is 20.8. The number of rotatable bonds is 7. The van der Waals surface area contributed by atoms with Crippen molar-refractivity contribution in [1.29, 1.82) is 0 Å². The van der Waals surface area contributed by atoms with E-state index in [1.807, 2.05) is 24.7 Å². The molecule has 1 atom stereocenters. The highest BCUT2D eigenvalue weighted by Gasteiger charge is 2.28. The third-order valence-corrected chi connectivity index (χ3v) is 6.52. The summed E-state index contributed by atoms with van der Waals surface area (Å²) in [6, 6.07) is 6.39. The van der Waals surface area contributed by atoms with Crippen LogP contribution in [0.2, 0.25) is 0 Å². The van der Waals surface area contributed by atoms with Gasteiger partial charge in [-0.05, 0) is 37.0 Å². The highest BCUT2D eigenvalue weighted by atomic mass is 32.1. The molecule has 3 heterocycles. The summed E-state index contributed by atoms with van der Waals surface area (Å²) in [5.74, 6) is 1.30. The van der Waals surface area contributed by atoms with E-state index < -0.39 is 0 Å². The van der Waals surface area contributed by atoms with Gasteiger partial charge in [-0.25, -0.2) is 4.98 Å². The second-order valence-corrected chi connectivity index (χ2v) is 9.06. The van der Waals surface area contributed by atoms with Crippen molar-refractivity contribution < 1.29 is 9.47 Å². The third kappa shape index (κ3) is 3.94. The molecule has 3 aromatic rings. The Bertz CT molecular complexity index is 1090. The Morgan fingerprint density at radius 1 is 1.23 bits per heavy atom. The zero-order valence-corrected chi connectivity index (χ0v) is 18.8. The lowest BCUT2D eigenvalue weighted by Crippen LogP contribution is -2.26. The predicted octanol–water partition coefficient (Wildman–Crippen LogP) is 5.12. The molecule has 0 saturated carbocycles.